The molecule has 3 nitrogen and oxygen atoms in total. The molecule has 0 saturated heterocycles. The maximum atomic E-state index is 12.8. The maximum Gasteiger partial charge on any atom is 0.451 e. The Bertz CT molecular complexity index is 399. The molecule has 19 heavy (non-hydrogen) atoms. The molecule has 0 aliphatic heterocycles. The van der Waals surface area contributed by atoms with Gasteiger partial charge >= 0.3 is 30.1 Å². The molecule has 0 heterocycles. The summed E-state index contributed by atoms with van der Waals surface area (Å²) in [5.41, 5.74) is 0. The van der Waals surface area contributed by atoms with E-state index in [1.54, 1.807) is 0 Å². The number of alkyl halides is 6. The monoisotopic (exact) mass is 309 g/mol. The summed E-state index contributed by atoms with van der Waals surface area (Å²) in [6.45, 7) is 0. The molecule has 0 aromatic heterocycles. The van der Waals surface area contributed by atoms with Gasteiger partial charge in [0.15, 0.2) is 0 Å². The highest BCUT2D eigenvalue weighted by atomic mass is 19.4. The van der Waals surface area contributed by atoms with Gasteiger partial charge in [0.05, 0.1) is 0 Å². The highest BCUT2D eigenvalue weighted by molar-refractivity contribution is 5.77. The van der Waals surface area contributed by atoms with E-state index in [0.29, 0.717) is 0 Å². The van der Waals surface area contributed by atoms with E-state index >= 15 is 0 Å². The van der Waals surface area contributed by atoms with Gasteiger partial charge in [0.1, 0.15) is 0 Å². The van der Waals surface area contributed by atoms with Crippen LogP contribution in [0.2, 0.25) is 0 Å². The first-order chi connectivity index (χ1) is 8.20. The normalized spacial score (nSPS) is 16.2. The van der Waals surface area contributed by atoms with Crippen molar-refractivity contribution in [2.75, 3.05) is 0 Å². The van der Waals surface area contributed by atoms with E-state index in [1.165, 1.54) is 0 Å². The summed E-state index contributed by atoms with van der Waals surface area (Å²) >= 11 is 0. The summed E-state index contributed by atoms with van der Waals surface area (Å²) in [6.07, 6.45) is -10.8. The fourth-order valence-corrected chi connectivity index (χ4v) is 0.710. The van der Waals surface area contributed by atoms with E-state index in [2.05, 4.69) is 0 Å². The number of rotatable bonds is 4. The van der Waals surface area contributed by atoms with Gasteiger partial charge in [0, 0.05) is 0 Å². The standard InChI is InChI=1S/C6HF10NO2/c7-1(2(8)9)5(11,12)17(16)4(10,3(18)19)6(13,14)15/h(H,18,19). The van der Waals surface area contributed by atoms with Crippen molar-refractivity contribution in [2.24, 2.45) is 0 Å². The van der Waals surface area contributed by atoms with Crippen LogP contribution in [-0.2, 0) is 4.79 Å². The average Bonchev–Trinajstić information content (AvgIpc) is 2.23. The first-order valence-corrected chi connectivity index (χ1v) is 3.74. The Balaban J connectivity index is 5.93. The van der Waals surface area contributed by atoms with Gasteiger partial charge in [0.25, 0.3) is 5.83 Å². The molecule has 0 aromatic carbocycles. The third-order valence-electron chi connectivity index (χ3n) is 1.61. The second kappa shape index (κ2) is 4.86. The quantitative estimate of drug-likeness (QED) is 0.493. The fraction of sp³-hybridized carbons (Fsp3) is 0.500. The molecule has 0 radical (unpaired) electrons. The molecule has 0 aliphatic rings. The van der Waals surface area contributed by atoms with E-state index in [1.807, 2.05) is 0 Å². The van der Waals surface area contributed by atoms with Crippen molar-refractivity contribution in [3.05, 3.63) is 11.9 Å². The molecule has 0 saturated carbocycles. The number of carboxylic acid groups (broad SMARTS) is 1. The van der Waals surface area contributed by atoms with Gasteiger partial charge in [-0.05, 0) is 5.12 Å². The molecule has 0 fully saturated rings. The van der Waals surface area contributed by atoms with Crippen LogP contribution < -0.4 is 0 Å². The van der Waals surface area contributed by atoms with Crippen LogP contribution in [0, 0.1) is 0 Å². The SMILES string of the molecule is O=C(O)C(F)(N(F)C(F)(F)C(F)=C(F)F)C(F)(F)F. The molecule has 1 N–H and O–H groups in total. The second-order valence-electron chi connectivity index (χ2n) is 2.82. The lowest BCUT2D eigenvalue weighted by atomic mass is 10.2. The van der Waals surface area contributed by atoms with E-state index in [9.17, 15) is 48.8 Å². The summed E-state index contributed by atoms with van der Waals surface area (Å²) in [5, 5.41) is 4.30. The predicted molar refractivity (Wildman–Crippen MR) is 35.8 cm³/mol. The maximum absolute atomic E-state index is 12.8. The molecular formula is C6HF10NO2. The Labute approximate surface area is 96.2 Å². The minimum Gasteiger partial charge on any atom is -0.478 e. The minimum atomic E-state index is -6.80. The van der Waals surface area contributed by atoms with Gasteiger partial charge in [-0.3, -0.25) is 0 Å². The number of carboxylic acids is 1. The van der Waals surface area contributed by atoms with Crippen LogP contribution in [0.1, 0.15) is 0 Å². The Morgan fingerprint density at radius 2 is 1.32 bits per heavy atom. The first-order valence-electron chi connectivity index (χ1n) is 3.74. The molecule has 0 aromatic rings. The van der Waals surface area contributed by atoms with Gasteiger partial charge in [-0.2, -0.15) is 39.5 Å². The molecule has 0 spiro atoms. The van der Waals surface area contributed by atoms with Crippen LogP contribution in [0.5, 0.6) is 0 Å². The van der Waals surface area contributed by atoms with Gasteiger partial charge in [-0.25, -0.2) is 4.79 Å². The Morgan fingerprint density at radius 1 is 0.947 bits per heavy atom. The largest absolute Gasteiger partial charge is 0.478 e. The molecule has 0 amide bonds. The van der Waals surface area contributed by atoms with Gasteiger partial charge < -0.3 is 5.11 Å². The lowest BCUT2D eigenvalue weighted by Gasteiger charge is -2.32. The van der Waals surface area contributed by atoms with Crippen molar-refractivity contribution < 1.29 is 53.9 Å². The van der Waals surface area contributed by atoms with Crippen LogP contribution in [0.25, 0.3) is 0 Å². The summed E-state index contributed by atoms with van der Waals surface area (Å²) < 4.78 is 121. The molecule has 112 valence electrons. The van der Waals surface area contributed by atoms with Crippen molar-refractivity contribution in [3.63, 3.8) is 0 Å². The summed E-state index contributed by atoms with van der Waals surface area (Å²) in [5.74, 6) is -14.3. The Kier molecular flexibility index (Phi) is 4.47. The minimum absolute atomic E-state index is 3.49. The Morgan fingerprint density at radius 3 is 1.53 bits per heavy atom. The molecule has 1 atom stereocenters. The van der Waals surface area contributed by atoms with Crippen LogP contribution in [0.4, 0.5) is 44.0 Å². The third-order valence-corrected chi connectivity index (χ3v) is 1.61. The van der Waals surface area contributed by atoms with Crippen LogP contribution in [0.3, 0.4) is 0 Å². The highest BCUT2D eigenvalue weighted by Gasteiger charge is 2.74. The Hall–Kier alpha value is -1.53. The van der Waals surface area contributed by atoms with Crippen LogP contribution >= 0.6 is 0 Å². The van der Waals surface area contributed by atoms with Crippen LogP contribution in [-0.4, -0.2) is 34.2 Å². The van der Waals surface area contributed by atoms with E-state index in [-0.39, 0.29) is 0 Å². The van der Waals surface area contributed by atoms with Gasteiger partial charge in [-0.15, -0.1) is 4.48 Å². The fourth-order valence-electron chi connectivity index (χ4n) is 0.710. The number of nitrogens with zero attached hydrogens (tertiary/aromatic N) is 1. The smallest absolute Gasteiger partial charge is 0.451 e. The number of carbonyl (C=O) groups is 1. The molecule has 0 bridgehead atoms. The van der Waals surface area contributed by atoms with E-state index < -0.39 is 41.0 Å². The number of hydrogen-bond donors (Lipinski definition) is 1. The highest BCUT2D eigenvalue weighted by Crippen LogP contribution is 2.45. The van der Waals surface area contributed by atoms with Crippen molar-refractivity contribution in [1.29, 1.82) is 0 Å². The van der Waals surface area contributed by atoms with E-state index in [4.69, 9.17) is 5.11 Å². The summed E-state index contributed by atoms with van der Waals surface area (Å²) in [6, 6.07) is -6.48. The van der Waals surface area contributed by atoms with Crippen molar-refractivity contribution in [1.82, 2.24) is 5.12 Å². The predicted octanol–water partition coefficient (Wildman–Crippen LogP) is 3.16. The second-order valence-corrected chi connectivity index (χ2v) is 2.82. The zero-order valence-electron chi connectivity index (χ0n) is 8.08. The molecule has 13 heteroatoms. The average molecular weight is 309 g/mol. The zero-order valence-corrected chi connectivity index (χ0v) is 8.08. The topological polar surface area (TPSA) is 40.5 Å². The molecule has 1 unspecified atom stereocenters. The summed E-state index contributed by atoms with van der Waals surface area (Å²) in [4.78, 5) is 9.91. The van der Waals surface area contributed by atoms with Crippen LogP contribution in [0.15, 0.2) is 11.9 Å². The molecular weight excluding hydrogens is 308 g/mol. The molecule has 0 aliphatic carbocycles. The lowest BCUT2D eigenvalue weighted by molar-refractivity contribution is -0.373. The third kappa shape index (κ3) is 2.74. The van der Waals surface area contributed by atoms with E-state index in [0.717, 1.165) is 0 Å². The van der Waals surface area contributed by atoms with Crippen molar-refractivity contribution >= 4 is 5.97 Å². The summed E-state index contributed by atoms with van der Waals surface area (Å²) in [7, 11) is 0. The van der Waals surface area contributed by atoms with Gasteiger partial charge in [0.2, 0.25) is 0 Å². The first kappa shape index (κ1) is 17.5. The van der Waals surface area contributed by atoms with Crippen molar-refractivity contribution in [2.45, 2.75) is 18.0 Å². The number of aliphatic carboxylic acids is 1. The zero-order chi connectivity index (χ0) is 15.8. The number of hydrogen-bond acceptors (Lipinski definition) is 2. The molecule has 0 rings (SSSR count). The number of halogens is 10. The van der Waals surface area contributed by atoms with Gasteiger partial charge in [-0.1, -0.05) is 0 Å². The lowest BCUT2D eigenvalue weighted by Crippen LogP contribution is -2.63. The van der Waals surface area contributed by atoms with Crippen molar-refractivity contribution in [3.8, 4) is 0 Å².